The molecule has 5 rings (SSSR count). The van der Waals surface area contributed by atoms with Crippen LogP contribution in [0.5, 0.6) is 0 Å². The SMILES string of the molecule is CC.N#Cc1ccnc(N2CCCC2=O)c1F.O=CN(c1cccc(F)c1)C(C(=O)NC1CCC(F)(F)CC1)c1ccccc1Cl. The van der Waals surface area contributed by atoms with Gasteiger partial charge in [0, 0.05) is 54.3 Å². The molecule has 46 heavy (non-hydrogen) atoms. The lowest BCUT2D eigenvalue weighted by molar-refractivity contribution is -0.125. The molecule has 1 saturated heterocycles. The lowest BCUT2D eigenvalue weighted by Crippen LogP contribution is -2.46. The maximum Gasteiger partial charge on any atom is 0.248 e. The average molecular weight is 660 g/mol. The Kier molecular flexibility index (Phi) is 13.1. The molecule has 0 spiro atoms. The van der Waals surface area contributed by atoms with Crippen LogP contribution < -0.4 is 15.1 Å². The van der Waals surface area contributed by atoms with Gasteiger partial charge in [0.15, 0.2) is 11.6 Å². The number of amides is 3. The third-order valence-corrected chi connectivity index (χ3v) is 7.67. The first-order chi connectivity index (χ1) is 22.0. The van der Waals surface area contributed by atoms with Gasteiger partial charge < -0.3 is 5.32 Å². The highest BCUT2D eigenvalue weighted by Crippen LogP contribution is 2.35. The molecule has 2 aromatic carbocycles. The summed E-state index contributed by atoms with van der Waals surface area (Å²) in [6.45, 7) is 4.47. The van der Waals surface area contributed by atoms with E-state index < -0.39 is 35.5 Å². The fourth-order valence-electron chi connectivity index (χ4n) is 5.07. The molecule has 3 amide bonds. The van der Waals surface area contributed by atoms with E-state index in [1.165, 1.54) is 35.4 Å². The Morgan fingerprint density at radius 1 is 1.15 bits per heavy atom. The molecule has 1 N–H and O–H groups in total. The van der Waals surface area contributed by atoms with Gasteiger partial charge in [-0.05, 0) is 49.6 Å². The molecule has 1 atom stereocenters. The molecule has 1 saturated carbocycles. The van der Waals surface area contributed by atoms with E-state index in [1.807, 2.05) is 13.8 Å². The number of rotatable bonds is 7. The summed E-state index contributed by atoms with van der Waals surface area (Å²) in [6.07, 6.45) is 2.53. The normalized spacial score (nSPS) is 16.1. The number of alkyl halides is 2. The Morgan fingerprint density at radius 2 is 1.85 bits per heavy atom. The van der Waals surface area contributed by atoms with Crippen molar-refractivity contribution in [3.8, 4) is 6.07 Å². The molecule has 13 heteroatoms. The summed E-state index contributed by atoms with van der Waals surface area (Å²) in [5.74, 6) is -4.74. The fraction of sp³-hybridized carbons (Fsp3) is 0.364. The van der Waals surface area contributed by atoms with Crippen molar-refractivity contribution >= 4 is 41.3 Å². The van der Waals surface area contributed by atoms with Gasteiger partial charge in [-0.25, -0.2) is 22.5 Å². The number of carbonyl (C=O) groups is 3. The predicted molar refractivity (Wildman–Crippen MR) is 166 cm³/mol. The number of nitrogens with one attached hydrogen (secondary N) is 1. The molecule has 8 nitrogen and oxygen atoms in total. The van der Waals surface area contributed by atoms with Crippen molar-refractivity contribution in [3.05, 3.63) is 88.6 Å². The van der Waals surface area contributed by atoms with Gasteiger partial charge in [-0.1, -0.05) is 49.7 Å². The van der Waals surface area contributed by atoms with E-state index in [-0.39, 0.29) is 53.7 Å². The second-order valence-corrected chi connectivity index (χ2v) is 10.7. The summed E-state index contributed by atoms with van der Waals surface area (Å²) < 4.78 is 54.2. The second kappa shape index (κ2) is 16.7. The van der Waals surface area contributed by atoms with Crippen molar-refractivity contribution in [2.24, 2.45) is 0 Å². The van der Waals surface area contributed by atoms with Gasteiger partial charge in [0.1, 0.15) is 17.9 Å². The summed E-state index contributed by atoms with van der Waals surface area (Å²) in [5, 5.41) is 11.6. The van der Waals surface area contributed by atoms with Crippen LogP contribution in [0.3, 0.4) is 0 Å². The van der Waals surface area contributed by atoms with Crippen LogP contribution >= 0.6 is 11.6 Å². The van der Waals surface area contributed by atoms with Crippen molar-refractivity contribution in [1.29, 1.82) is 5.26 Å². The van der Waals surface area contributed by atoms with E-state index in [4.69, 9.17) is 16.9 Å². The van der Waals surface area contributed by atoms with Gasteiger partial charge >= 0.3 is 0 Å². The maximum absolute atomic E-state index is 13.7. The second-order valence-electron chi connectivity index (χ2n) is 10.3. The number of nitrogens with zero attached hydrogens (tertiary/aromatic N) is 4. The van der Waals surface area contributed by atoms with E-state index in [0.29, 0.717) is 31.4 Å². The van der Waals surface area contributed by atoms with E-state index in [9.17, 15) is 31.9 Å². The number of anilines is 2. The van der Waals surface area contributed by atoms with Gasteiger partial charge in [0.2, 0.25) is 24.1 Å². The Hall–Kier alpha value is -4.50. The van der Waals surface area contributed by atoms with Gasteiger partial charge in [0.25, 0.3) is 0 Å². The van der Waals surface area contributed by atoms with E-state index in [2.05, 4.69) is 10.3 Å². The standard InChI is InChI=1S/C21H20ClF3N2O2.C10H8FN3O.C2H6/c22-18-7-2-1-6-17(18)19(27(13-28)16-5-3-4-14(23)12-16)20(29)26-15-8-10-21(24,25)11-9-15;11-9-7(6-12)3-4-13-10(9)14-5-1-2-8(14)15;1-2/h1-7,12-13,15,19H,8-11H2,(H,26,29);3-4H,1-2,5H2;1-2H3. The fourth-order valence-corrected chi connectivity index (χ4v) is 5.30. The smallest absolute Gasteiger partial charge is 0.248 e. The minimum absolute atomic E-state index is 0.0310. The minimum Gasteiger partial charge on any atom is -0.351 e. The lowest BCUT2D eigenvalue weighted by atomic mass is 9.91. The molecule has 0 bridgehead atoms. The molecule has 1 aromatic heterocycles. The lowest BCUT2D eigenvalue weighted by Gasteiger charge is -2.33. The molecule has 3 aromatic rings. The highest BCUT2D eigenvalue weighted by atomic mass is 35.5. The third-order valence-electron chi connectivity index (χ3n) is 7.33. The maximum atomic E-state index is 13.7. The van der Waals surface area contributed by atoms with Crippen LogP contribution in [0, 0.1) is 23.0 Å². The third kappa shape index (κ3) is 9.03. The molecule has 1 unspecified atom stereocenters. The van der Waals surface area contributed by atoms with Crippen molar-refractivity contribution in [3.63, 3.8) is 0 Å². The summed E-state index contributed by atoms with van der Waals surface area (Å²) >= 11 is 6.27. The van der Waals surface area contributed by atoms with Gasteiger partial charge in [0.05, 0.1) is 5.56 Å². The van der Waals surface area contributed by atoms with Crippen LogP contribution in [-0.2, 0) is 14.4 Å². The molecule has 244 valence electrons. The van der Waals surface area contributed by atoms with E-state index in [0.717, 1.165) is 11.0 Å². The number of benzene rings is 2. The van der Waals surface area contributed by atoms with E-state index >= 15 is 0 Å². The number of aromatic nitrogens is 1. The van der Waals surface area contributed by atoms with Crippen molar-refractivity contribution in [2.45, 2.75) is 70.4 Å². The van der Waals surface area contributed by atoms with Crippen LogP contribution in [0.4, 0.5) is 29.1 Å². The molecule has 2 aliphatic rings. The zero-order valence-corrected chi connectivity index (χ0v) is 26.1. The van der Waals surface area contributed by atoms with Crippen LogP contribution in [0.1, 0.15) is 69.5 Å². The molecule has 2 fully saturated rings. The van der Waals surface area contributed by atoms with Crippen molar-refractivity contribution in [2.75, 3.05) is 16.3 Å². The highest BCUT2D eigenvalue weighted by molar-refractivity contribution is 6.31. The minimum atomic E-state index is -2.72. The Morgan fingerprint density at radius 3 is 2.43 bits per heavy atom. The number of halogens is 5. The number of hydrogen-bond donors (Lipinski definition) is 1. The van der Waals surface area contributed by atoms with Gasteiger partial charge in [-0.2, -0.15) is 5.26 Å². The zero-order chi connectivity index (χ0) is 33.9. The van der Waals surface area contributed by atoms with Crippen molar-refractivity contribution in [1.82, 2.24) is 10.3 Å². The number of hydrogen-bond acceptors (Lipinski definition) is 5. The quantitative estimate of drug-likeness (QED) is 0.215. The topological polar surface area (TPSA) is 106 Å². The first-order valence-corrected chi connectivity index (χ1v) is 15.2. The molecule has 0 radical (unpaired) electrons. The zero-order valence-electron chi connectivity index (χ0n) is 25.4. The summed E-state index contributed by atoms with van der Waals surface area (Å²) in [6, 6.07) is 13.2. The highest BCUT2D eigenvalue weighted by Gasteiger charge is 2.37. The van der Waals surface area contributed by atoms with E-state index in [1.54, 1.807) is 30.3 Å². The molecular formula is C33H34ClF4N5O3. The molecule has 1 aliphatic heterocycles. The Bertz CT molecular complexity index is 1560. The largest absolute Gasteiger partial charge is 0.351 e. The Labute approximate surface area is 270 Å². The van der Waals surface area contributed by atoms with Crippen LogP contribution in [0.25, 0.3) is 0 Å². The first-order valence-electron chi connectivity index (χ1n) is 14.8. The molecular weight excluding hydrogens is 626 g/mol. The van der Waals surface area contributed by atoms with Crippen molar-refractivity contribution < 1.29 is 31.9 Å². The summed E-state index contributed by atoms with van der Waals surface area (Å²) in [5.41, 5.74) is 0.444. The van der Waals surface area contributed by atoms with Crippen LogP contribution in [0.15, 0.2) is 60.8 Å². The number of pyridine rings is 1. The summed E-state index contributed by atoms with van der Waals surface area (Å²) in [7, 11) is 0. The predicted octanol–water partition coefficient (Wildman–Crippen LogP) is 7.12. The van der Waals surface area contributed by atoms with Crippen LogP contribution in [-0.4, -0.2) is 41.7 Å². The van der Waals surface area contributed by atoms with Crippen LogP contribution in [0.2, 0.25) is 5.02 Å². The monoisotopic (exact) mass is 659 g/mol. The molecule has 2 heterocycles. The average Bonchev–Trinajstić information content (AvgIpc) is 3.48. The molecule has 1 aliphatic carbocycles. The number of carbonyl (C=O) groups excluding carboxylic acids is 3. The van der Waals surface area contributed by atoms with Gasteiger partial charge in [-0.3, -0.25) is 24.2 Å². The Balaban J connectivity index is 0.000000283. The first kappa shape index (κ1) is 36.0. The number of nitriles is 1. The van der Waals surface area contributed by atoms with Gasteiger partial charge in [-0.15, -0.1) is 0 Å². The summed E-state index contributed by atoms with van der Waals surface area (Å²) in [4.78, 5) is 42.6.